The highest BCUT2D eigenvalue weighted by Gasteiger charge is 2.33. The fraction of sp³-hybridized carbons (Fsp3) is 0.129. The van der Waals surface area contributed by atoms with Crippen molar-refractivity contribution in [3.8, 4) is 22.6 Å². The number of pyridine rings is 1. The van der Waals surface area contributed by atoms with E-state index < -0.39 is 11.7 Å². The highest BCUT2D eigenvalue weighted by atomic mass is 19.4. The number of rotatable bonds is 5. The normalized spacial score (nSPS) is 11.6. The van der Waals surface area contributed by atoms with Crippen LogP contribution >= 0.6 is 0 Å². The third kappa shape index (κ3) is 4.96. The third-order valence-electron chi connectivity index (χ3n) is 6.07. The fourth-order valence-electron chi connectivity index (χ4n) is 4.63. The molecule has 0 fully saturated rings. The summed E-state index contributed by atoms with van der Waals surface area (Å²) in [6.07, 6.45) is -2.40. The number of nitrogens with zero attached hydrogens (tertiary/aromatic N) is 1. The van der Waals surface area contributed by atoms with Gasteiger partial charge in [0.05, 0.1) is 11.1 Å². The van der Waals surface area contributed by atoms with Crippen molar-refractivity contribution >= 4 is 10.9 Å². The number of halogens is 3. The van der Waals surface area contributed by atoms with Crippen LogP contribution in [0.25, 0.3) is 22.0 Å². The maximum Gasteiger partial charge on any atom is 0.418 e. The van der Waals surface area contributed by atoms with Crippen LogP contribution in [0.15, 0.2) is 97.2 Å². The number of alkyl halides is 3. The maximum atomic E-state index is 13.8. The van der Waals surface area contributed by atoms with Gasteiger partial charge in [-0.1, -0.05) is 60.7 Å². The Morgan fingerprint density at radius 3 is 2.19 bits per heavy atom. The van der Waals surface area contributed by atoms with Crippen molar-refractivity contribution in [2.75, 3.05) is 0 Å². The maximum absolute atomic E-state index is 13.8. The van der Waals surface area contributed by atoms with Gasteiger partial charge < -0.3 is 4.74 Å². The first kappa shape index (κ1) is 23.6. The van der Waals surface area contributed by atoms with E-state index >= 15 is 0 Å². The highest BCUT2D eigenvalue weighted by molar-refractivity contribution is 5.98. The summed E-state index contributed by atoms with van der Waals surface area (Å²) < 4.78 is 47.6. The molecule has 0 saturated carbocycles. The molecule has 2 nitrogen and oxygen atoms in total. The third-order valence-corrected chi connectivity index (χ3v) is 6.07. The lowest BCUT2D eigenvalue weighted by molar-refractivity contribution is -0.136. The first-order chi connectivity index (χ1) is 17.3. The van der Waals surface area contributed by atoms with Gasteiger partial charge in [-0.15, -0.1) is 0 Å². The minimum absolute atomic E-state index is 0.0579. The summed E-state index contributed by atoms with van der Waals surface area (Å²) in [5.74, 6) is 1.33. The summed E-state index contributed by atoms with van der Waals surface area (Å²) in [5, 5.41) is 0.460. The molecule has 0 amide bonds. The van der Waals surface area contributed by atoms with E-state index in [0.29, 0.717) is 23.3 Å². The van der Waals surface area contributed by atoms with Gasteiger partial charge in [-0.2, -0.15) is 13.2 Å². The van der Waals surface area contributed by atoms with Gasteiger partial charge >= 0.3 is 6.18 Å². The van der Waals surface area contributed by atoms with Gasteiger partial charge in [-0.3, -0.25) is 4.98 Å². The molecule has 0 aliphatic heterocycles. The first-order valence-corrected chi connectivity index (χ1v) is 11.7. The molecule has 1 heterocycles. The summed E-state index contributed by atoms with van der Waals surface area (Å²) in [7, 11) is 0. The minimum Gasteiger partial charge on any atom is -0.457 e. The average Bonchev–Trinajstić information content (AvgIpc) is 2.83. The van der Waals surface area contributed by atoms with Gasteiger partial charge in [-0.05, 0) is 84.0 Å². The Morgan fingerprint density at radius 1 is 0.750 bits per heavy atom. The number of ether oxygens (including phenoxy) is 1. The molecule has 0 atom stereocenters. The lowest BCUT2D eigenvalue weighted by Gasteiger charge is -2.17. The van der Waals surface area contributed by atoms with Crippen LogP contribution in [0.2, 0.25) is 0 Å². The molecule has 180 valence electrons. The molecular formula is C31H24F3NO. The van der Waals surface area contributed by atoms with Crippen LogP contribution in [0, 0.1) is 13.8 Å². The molecule has 0 aliphatic carbocycles. The molecule has 5 heteroatoms. The number of hydrogen-bond acceptors (Lipinski definition) is 2. The molecular weight excluding hydrogens is 459 g/mol. The van der Waals surface area contributed by atoms with Crippen molar-refractivity contribution in [1.82, 2.24) is 4.98 Å². The van der Waals surface area contributed by atoms with Crippen molar-refractivity contribution in [2.45, 2.75) is 26.4 Å². The summed E-state index contributed by atoms with van der Waals surface area (Å²) in [6.45, 7) is 4.01. The second-order valence-corrected chi connectivity index (χ2v) is 8.97. The second-order valence-electron chi connectivity index (χ2n) is 8.97. The molecule has 4 aromatic carbocycles. The molecule has 0 N–H and O–H groups in total. The Labute approximate surface area is 208 Å². The summed E-state index contributed by atoms with van der Waals surface area (Å²) in [4.78, 5) is 4.29. The molecule has 5 aromatic rings. The molecule has 0 spiro atoms. The predicted molar refractivity (Wildman–Crippen MR) is 137 cm³/mol. The van der Waals surface area contributed by atoms with E-state index in [2.05, 4.69) is 11.1 Å². The van der Waals surface area contributed by atoms with E-state index in [1.54, 1.807) is 12.3 Å². The largest absolute Gasteiger partial charge is 0.457 e. The Bertz CT molecular complexity index is 1520. The zero-order valence-electron chi connectivity index (χ0n) is 19.9. The number of fused-ring (bicyclic) bond motifs is 1. The summed E-state index contributed by atoms with van der Waals surface area (Å²) >= 11 is 0. The molecule has 1 aromatic heterocycles. The number of aryl methyl sites for hydroxylation is 2. The van der Waals surface area contributed by atoms with E-state index in [1.165, 1.54) is 6.07 Å². The number of para-hydroxylation sites is 1. The van der Waals surface area contributed by atoms with Crippen molar-refractivity contribution in [2.24, 2.45) is 0 Å². The lowest BCUT2D eigenvalue weighted by Crippen LogP contribution is -2.07. The summed E-state index contributed by atoms with van der Waals surface area (Å²) in [6, 6.07) is 27.5. The van der Waals surface area contributed by atoms with Crippen LogP contribution in [0.4, 0.5) is 13.2 Å². The quantitative estimate of drug-likeness (QED) is 0.249. The van der Waals surface area contributed by atoms with Crippen LogP contribution in [-0.4, -0.2) is 4.98 Å². The SMILES string of the molecule is Cc1cc(C)cc(Oc2cccc(-c3c(Cc4ccccc4)cnc4c(C(F)(F)F)cccc34)c2)c1. The number of benzene rings is 4. The van der Waals surface area contributed by atoms with E-state index in [1.807, 2.05) is 80.6 Å². The van der Waals surface area contributed by atoms with Gasteiger partial charge in [0.15, 0.2) is 0 Å². The van der Waals surface area contributed by atoms with E-state index in [0.717, 1.165) is 39.4 Å². The smallest absolute Gasteiger partial charge is 0.418 e. The molecule has 0 bridgehead atoms. The Morgan fingerprint density at radius 2 is 1.47 bits per heavy atom. The van der Waals surface area contributed by atoms with Crippen LogP contribution < -0.4 is 4.74 Å². The van der Waals surface area contributed by atoms with Gasteiger partial charge in [0.25, 0.3) is 0 Å². The fourth-order valence-corrected chi connectivity index (χ4v) is 4.63. The molecule has 0 saturated heterocycles. The van der Waals surface area contributed by atoms with Crippen molar-refractivity contribution in [3.05, 3.63) is 125 Å². The lowest BCUT2D eigenvalue weighted by atomic mass is 9.92. The Balaban J connectivity index is 1.67. The topological polar surface area (TPSA) is 22.1 Å². The monoisotopic (exact) mass is 483 g/mol. The Hall–Kier alpha value is -4.12. The standard InChI is InChI=1S/C31H24F3NO/c1-20-14-21(2)16-26(15-20)36-25-11-6-10-23(18-25)29-24(17-22-8-4-3-5-9-22)19-35-30-27(29)12-7-13-28(30)31(32,33)34/h3-16,18-19H,17H2,1-2H3. The first-order valence-electron chi connectivity index (χ1n) is 11.7. The second kappa shape index (κ2) is 9.50. The Kier molecular flexibility index (Phi) is 6.23. The van der Waals surface area contributed by atoms with Crippen LogP contribution in [0.5, 0.6) is 11.5 Å². The molecule has 36 heavy (non-hydrogen) atoms. The summed E-state index contributed by atoms with van der Waals surface area (Å²) in [5.41, 5.74) is 4.77. The zero-order valence-corrected chi connectivity index (χ0v) is 19.9. The zero-order chi connectivity index (χ0) is 25.3. The van der Waals surface area contributed by atoms with Gasteiger partial charge in [-0.25, -0.2) is 0 Å². The minimum atomic E-state index is -4.50. The van der Waals surface area contributed by atoms with Crippen LogP contribution in [-0.2, 0) is 12.6 Å². The van der Waals surface area contributed by atoms with Crippen LogP contribution in [0.3, 0.4) is 0 Å². The molecule has 0 aliphatic rings. The molecule has 5 rings (SSSR count). The van der Waals surface area contributed by atoms with Crippen LogP contribution in [0.1, 0.15) is 27.8 Å². The van der Waals surface area contributed by atoms with E-state index in [4.69, 9.17) is 4.74 Å². The van der Waals surface area contributed by atoms with Crippen molar-refractivity contribution in [1.29, 1.82) is 0 Å². The van der Waals surface area contributed by atoms with Gasteiger partial charge in [0.2, 0.25) is 0 Å². The predicted octanol–water partition coefficient (Wildman–Crippen LogP) is 8.92. The number of hydrogen-bond donors (Lipinski definition) is 0. The molecule has 0 radical (unpaired) electrons. The van der Waals surface area contributed by atoms with Crippen molar-refractivity contribution in [3.63, 3.8) is 0 Å². The van der Waals surface area contributed by atoms with Gasteiger partial charge in [0.1, 0.15) is 11.5 Å². The van der Waals surface area contributed by atoms with E-state index in [9.17, 15) is 13.2 Å². The highest BCUT2D eigenvalue weighted by Crippen LogP contribution is 2.40. The van der Waals surface area contributed by atoms with E-state index in [-0.39, 0.29) is 5.52 Å². The van der Waals surface area contributed by atoms with Gasteiger partial charge in [0, 0.05) is 11.6 Å². The molecule has 0 unspecified atom stereocenters. The average molecular weight is 484 g/mol. The van der Waals surface area contributed by atoms with Crippen molar-refractivity contribution < 1.29 is 17.9 Å². The number of aromatic nitrogens is 1.